The molecule has 7 heteroatoms. The van der Waals surface area contributed by atoms with Crippen LogP contribution < -0.4 is 0 Å². The SMILES string of the molecule is Cn1c(Cl)cnc1Cn1cc(CCl)nn1. The van der Waals surface area contributed by atoms with E-state index in [1.807, 2.05) is 7.05 Å². The molecule has 2 heterocycles. The Morgan fingerprint density at radius 1 is 1.47 bits per heavy atom. The molecule has 0 aromatic carbocycles. The number of alkyl halides is 1. The summed E-state index contributed by atoms with van der Waals surface area (Å²) < 4.78 is 3.47. The van der Waals surface area contributed by atoms with E-state index in [9.17, 15) is 0 Å². The van der Waals surface area contributed by atoms with Gasteiger partial charge in [0.1, 0.15) is 17.5 Å². The zero-order valence-electron chi connectivity index (χ0n) is 8.06. The van der Waals surface area contributed by atoms with E-state index in [1.54, 1.807) is 21.6 Å². The minimum absolute atomic E-state index is 0.362. The lowest BCUT2D eigenvalue weighted by molar-refractivity contribution is 0.607. The Balaban J connectivity index is 2.18. The molecule has 5 nitrogen and oxygen atoms in total. The number of hydrogen-bond donors (Lipinski definition) is 0. The fourth-order valence-electron chi connectivity index (χ4n) is 1.19. The zero-order chi connectivity index (χ0) is 10.8. The Bertz CT molecular complexity index is 461. The molecular weight excluding hydrogens is 237 g/mol. The lowest BCUT2D eigenvalue weighted by Crippen LogP contribution is -2.06. The van der Waals surface area contributed by atoms with Crippen LogP contribution in [0.5, 0.6) is 0 Å². The van der Waals surface area contributed by atoms with Gasteiger partial charge >= 0.3 is 0 Å². The molecule has 0 saturated carbocycles. The van der Waals surface area contributed by atoms with Crippen LogP contribution in [0.25, 0.3) is 0 Å². The highest BCUT2D eigenvalue weighted by molar-refractivity contribution is 6.29. The van der Waals surface area contributed by atoms with Gasteiger partial charge < -0.3 is 4.57 Å². The lowest BCUT2D eigenvalue weighted by atomic mass is 10.5. The van der Waals surface area contributed by atoms with Gasteiger partial charge in [-0.15, -0.1) is 16.7 Å². The normalized spacial score (nSPS) is 10.9. The minimum Gasteiger partial charge on any atom is -0.321 e. The molecule has 0 atom stereocenters. The van der Waals surface area contributed by atoms with Gasteiger partial charge in [-0.25, -0.2) is 9.67 Å². The van der Waals surface area contributed by atoms with Crippen molar-refractivity contribution in [2.75, 3.05) is 0 Å². The molecule has 0 spiro atoms. The summed E-state index contributed by atoms with van der Waals surface area (Å²) in [5.74, 6) is 1.19. The predicted molar refractivity (Wildman–Crippen MR) is 56.9 cm³/mol. The molecule has 2 aromatic rings. The van der Waals surface area contributed by atoms with E-state index >= 15 is 0 Å². The minimum atomic E-state index is 0.362. The first kappa shape index (κ1) is 10.4. The zero-order valence-corrected chi connectivity index (χ0v) is 9.57. The molecular formula is C8H9Cl2N5. The highest BCUT2D eigenvalue weighted by Crippen LogP contribution is 2.10. The fraction of sp³-hybridized carbons (Fsp3) is 0.375. The van der Waals surface area contributed by atoms with Crippen LogP contribution in [0.1, 0.15) is 11.5 Å². The summed E-state index contributed by atoms with van der Waals surface area (Å²) in [6, 6.07) is 0. The molecule has 15 heavy (non-hydrogen) atoms. The first-order valence-electron chi connectivity index (χ1n) is 4.31. The molecule has 80 valence electrons. The summed E-state index contributed by atoms with van der Waals surface area (Å²) in [6.45, 7) is 0.535. The van der Waals surface area contributed by atoms with Crippen LogP contribution in [0.15, 0.2) is 12.4 Å². The second kappa shape index (κ2) is 4.20. The van der Waals surface area contributed by atoms with Crippen LogP contribution >= 0.6 is 23.2 Å². The molecule has 0 unspecified atom stereocenters. The molecule has 0 aliphatic rings. The number of nitrogens with zero attached hydrogens (tertiary/aromatic N) is 5. The lowest BCUT2D eigenvalue weighted by Gasteiger charge is -2.01. The Labute approximate surface area is 96.6 Å². The summed E-state index contributed by atoms with van der Waals surface area (Å²) in [7, 11) is 1.85. The van der Waals surface area contributed by atoms with E-state index < -0.39 is 0 Å². The van der Waals surface area contributed by atoms with Crippen molar-refractivity contribution in [1.29, 1.82) is 0 Å². The quantitative estimate of drug-likeness (QED) is 0.770. The van der Waals surface area contributed by atoms with Crippen LogP contribution in [-0.4, -0.2) is 24.5 Å². The van der Waals surface area contributed by atoms with Crippen molar-refractivity contribution in [1.82, 2.24) is 24.5 Å². The van der Waals surface area contributed by atoms with Gasteiger partial charge in [0.2, 0.25) is 0 Å². The van der Waals surface area contributed by atoms with Gasteiger partial charge in [0, 0.05) is 7.05 Å². The van der Waals surface area contributed by atoms with E-state index in [4.69, 9.17) is 23.2 Å². The molecule has 2 aromatic heterocycles. The molecule has 0 aliphatic carbocycles. The van der Waals surface area contributed by atoms with Gasteiger partial charge in [0.05, 0.1) is 24.0 Å². The van der Waals surface area contributed by atoms with Crippen molar-refractivity contribution in [2.45, 2.75) is 12.4 Å². The second-order valence-electron chi connectivity index (χ2n) is 3.10. The maximum atomic E-state index is 5.86. The monoisotopic (exact) mass is 245 g/mol. The average Bonchev–Trinajstić information content (AvgIpc) is 2.80. The number of imidazole rings is 1. The van der Waals surface area contributed by atoms with E-state index in [-0.39, 0.29) is 0 Å². The molecule has 0 bridgehead atoms. The van der Waals surface area contributed by atoms with E-state index in [1.165, 1.54) is 0 Å². The third-order valence-corrected chi connectivity index (χ3v) is 2.68. The summed E-state index contributed by atoms with van der Waals surface area (Å²) in [5, 5.41) is 8.40. The number of aromatic nitrogens is 5. The van der Waals surface area contributed by atoms with Crippen LogP contribution in [0.4, 0.5) is 0 Å². The van der Waals surface area contributed by atoms with Crippen LogP contribution in [0, 0.1) is 0 Å². The number of rotatable bonds is 3. The van der Waals surface area contributed by atoms with Crippen molar-refractivity contribution in [3.05, 3.63) is 29.1 Å². The average molecular weight is 246 g/mol. The number of halogens is 2. The Morgan fingerprint density at radius 2 is 2.27 bits per heavy atom. The largest absolute Gasteiger partial charge is 0.321 e. The van der Waals surface area contributed by atoms with Gasteiger partial charge in [-0.1, -0.05) is 16.8 Å². The first-order valence-corrected chi connectivity index (χ1v) is 5.23. The maximum Gasteiger partial charge on any atom is 0.131 e. The standard InChI is InChI=1S/C8H9Cl2N5/c1-14-7(10)3-11-8(14)5-15-4-6(2-9)12-13-15/h3-4H,2,5H2,1H3. The highest BCUT2D eigenvalue weighted by Gasteiger charge is 2.06. The van der Waals surface area contributed by atoms with Crippen LogP contribution in [-0.2, 0) is 19.5 Å². The summed E-state index contributed by atoms with van der Waals surface area (Å²) in [6.07, 6.45) is 3.39. The molecule has 0 fully saturated rings. The Morgan fingerprint density at radius 3 is 2.80 bits per heavy atom. The van der Waals surface area contributed by atoms with Gasteiger partial charge in [-0.3, -0.25) is 0 Å². The highest BCUT2D eigenvalue weighted by atomic mass is 35.5. The third-order valence-electron chi connectivity index (χ3n) is 2.05. The topological polar surface area (TPSA) is 48.5 Å². The van der Waals surface area contributed by atoms with Crippen LogP contribution in [0.2, 0.25) is 5.15 Å². The van der Waals surface area contributed by atoms with Gasteiger partial charge in [0.25, 0.3) is 0 Å². The number of hydrogen-bond acceptors (Lipinski definition) is 3. The van der Waals surface area contributed by atoms with Gasteiger partial charge in [-0.2, -0.15) is 0 Å². The predicted octanol–water partition coefficient (Wildman–Crippen LogP) is 1.45. The summed E-state index contributed by atoms with van der Waals surface area (Å²) in [5.41, 5.74) is 0.747. The fourth-order valence-corrected chi connectivity index (χ4v) is 1.46. The van der Waals surface area contributed by atoms with Crippen molar-refractivity contribution < 1.29 is 0 Å². The van der Waals surface area contributed by atoms with Crippen molar-refractivity contribution >= 4 is 23.2 Å². The third kappa shape index (κ3) is 2.13. The van der Waals surface area contributed by atoms with Gasteiger partial charge in [-0.05, 0) is 0 Å². The maximum absolute atomic E-state index is 5.86. The van der Waals surface area contributed by atoms with E-state index in [0.29, 0.717) is 17.6 Å². The van der Waals surface area contributed by atoms with Crippen molar-refractivity contribution in [2.24, 2.45) is 7.05 Å². The van der Waals surface area contributed by atoms with E-state index in [0.717, 1.165) is 11.5 Å². The Hall–Kier alpha value is -1.07. The smallest absolute Gasteiger partial charge is 0.131 e. The summed E-state index contributed by atoms with van der Waals surface area (Å²) in [4.78, 5) is 4.16. The van der Waals surface area contributed by atoms with Crippen molar-refractivity contribution in [3.63, 3.8) is 0 Å². The Kier molecular flexibility index (Phi) is 2.93. The molecule has 0 N–H and O–H groups in total. The molecule has 0 amide bonds. The second-order valence-corrected chi connectivity index (χ2v) is 3.75. The van der Waals surface area contributed by atoms with Crippen molar-refractivity contribution in [3.8, 4) is 0 Å². The summed E-state index contributed by atoms with van der Waals surface area (Å²) >= 11 is 11.5. The van der Waals surface area contributed by atoms with E-state index in [2.05, 4.69) is 15.3 Å². The molecule has 0 radical (unpaired) electrons. The van der Waals surface area contributed by atoms with Crippen LogP contribution in [0.3, 0.4) is 0 Å². The molecule has 2 rings (SSSR count). The molecule has 0 saturated heterocycles. The molecule has 0 aliphatic heterocycles. The first-order chi connectivity index (χ1) is 7.20. The van der Waals surface area contributed by atoms with Gasteiger partial charge in [0.15, 0.2) is 0 Å².